The lowest BCUT2D eigenvalue weighted by Crippen LogP contribution is -2.14. The molecule has 0 aliphatic carbocycles. The van der Waals surface area contributed by atoms with E-state index in [9.17, 15) is 13.2 Å². The number of nitrogens with one attached hydrogen (secondary N) is 1. The van der Waals surface area contributed by atoms with Crippen molar-refractivity contribution in [2.45, 2.75) is 6.18 Å². The first-order valence-corrected chi connectivity index (χ1v) is 6.21. The molecule has 0 fully saturated rings. The standard InChI is InChI=1S/C14H14F3N3O/c15-14(16,17)10-8-12(18)20-13(9-10)19-6-7-21-11-4-2-1-3-5-11/h1-5,8-9H,6-7H2,(H3,18,19,20). The second-order valence-electron chi connectivity index (χ2n) is 4.25. The zero-order chi connectivity index (χ0) is 15.3. The Morgan fingerprint density at radius 3 is 2.52 bits per heavy atom. The molecule has 0 aliphatic heterocycles. The van der Waals surface area contributed by atoms with Gasteiger partial charge < -0.3 is 15.8 Å². The Morgan fingerprint density at radius 2 is 1.86 bits per heavy atom. The van der Waals surface area contributed by atoms with Crippen molar-refractivity contribution in [3.8, 4) is 5.75 Å². The summed E-state index contributed by atoms with van der Waals surface area (Å²) in [6, 6.07) is 10.8. The summed E-state index contributed by atoms with van der Waals surface area (Å²) in [5.41, 5.74) is 4.54. The van der Waals surface area contributed by atoms with E-state index in [-0.39, 0.29) is 11.6 Å². The number of pyridine rings is 1. The Kier molecular flexibility index (Phi) is 4.52. The average Bonchev–Trinajstić information content (AvgIpc) is 2.43. The zero-order valence-electron chi connectivity index (χ0n) is 11.0. The highest BCUT2D eigenvalue weighted by Crippen LogP contribution is 2.31. The topological polar surface area (TPSA) is 60.2 Å². The molecule has 0 radical (unpaired) electrons. The van der Waals surface area contributed by atoms with Crippen LogP contribution in [0.2, 0.25) is 0 Å². The van der Waals surface area contributed by atoms with Crippen molar-refractivity contribution in [1.82, 2.24) is 4.98 Å². The number of nitrogens with zero attached hydrogens (tertiary/aromatic N) is 1. The maximum absolute atomic E-state index is 12.6. The number of halogens is 3. The first kappa shape index (κ1) is 15.0. The molecule has 0 aliphatic rings. The van der Waals surface area contributed by atoms with Crippen molar-refractivity contribution in [3.05, 3.63) is 48.0 Å². The van der Waals surface area contributed by atoms with E-state index < -0.39 is 11.7 Å². The van der Waals surface area contributed by atoms with E-state index in [0.717, 1.165) is 12.1 Å². The molecule has 4 nitrogen and oxygen atoms in total. The summed E-state index contributed by atoms with van der Waals surface area (Å²) in [4.78, 5) is 3.80. The van der Waals surface area contributed by atoms with Gasteiger partial charge in [-0.15, -0.1) is 0 Å². The lowest BCUT2D eigenvalue weighted by molar-refractivity contribution is -0.137. The molecule has 3 N–H and O–H groups in total. The fraction of sp³-hybridized carbons (Fsp3) is 0.214. The monoisotopic (exact) mass is 297 g/mol. The highest BCUT2D eigenvalue weighted by atomic mass is 19.4. The summed E-state index contributed by atoms with van der Waals surface area (Å²) < 4.78 is 43.3. The number of hydrogen-bond donors (Lipinski definition) is 2. The fourth-order valence-corrected chi connectivity index (χ4v) is 1.67. The Hall–Kier alpha value is -2.44. The SMILES string of the molecule is Nc1cc(C(F)(F)F)cc(NCCOc2ccccc2)n1. The third kappa shape index (κ3) is 4.55. The van der Waals surface area contributed by atoms with Gasteiger partial charge in [0.1, 0.15) is 24.0 Å². The van der Waals surface area contributed by atoms with Gasteiger partial charge in [-0.1, -0.05) is 18.2 Å². The van der Waals surface area contributed by atoms with Gasteiger partial charge >= 0.3 is 6.18 Å². The van der Waals surface area contributed by atoms with Gasteiger partial charge in [0.2, 0.25) is 0 Å². The van der Waals surface area contributed by atoms with Crippen LogP contribution < -0.4 is 15.8 Å². The van der Waals surface area contributed by atoms with Gasteiger partial charge in [0.25, 0.3) is 0 Å². The lowest BCUT2D eigenvalue weighted by atomic mass is 10.2. The van der Waals surface area contributed by atoms with Crippen molar-refractivity contribution in [1.29, 1.82) is 0 Å². The highest BCUT2D eigenvalue weighted by molar-refractivity contribution is 5.47. The van der Waals surface area contributed by atoms with E-state index in [1.165, 1.54) is 0 Å². The van der Waals surface area contributed by atoms with Crippen LogP contribution in [0.15, 0.2) is 42.5 Å². The van der Waals surface area contributed by atoms with E-state index in [1.54, 1.807) is 12.1 Å². The fourth-order valence-electron chi connectivity index (χ4n) is 1.67. The molecule has 0 atom stereocenters. The molecule has 1 heterocycles. The van der Waals surface area contributed by atoms with Gasteiger partial charge in [0, 0.05) is 0 Å². The number of nitrogens with two attached hydrogens (primary N) is 1. The molecule has 0 amide bonds. The molecule has 0 saturated heterocycles. The first-order chi connectivity index (χ1) is 9.95. The van der Waals surface area contributed by atoms with Crippen LogP contribution in [-0.2, 0) is 6.18 Å². The molecule has 0 spiro atoms. The molecule has 0 saturated carbocycles. The van der Waals surface area contributed by atoms with Gasteiger partial charge in [0.05, 0.1) is 12.1 Å². The van der Waals surface area contributed by atoms with E-state index in [0.29, 0.717) is 18.9 Å². The van der Waals surface area contributed by atoms with Crippen molar-refractivity contribution in [3.63, 3.8) is 0 Å². The van der Waals surface area contributed by atoms with E-state index >= 15 is 0 Å². The summed E-state index contributed by atoms with van der Waals surface area (Å²) in [5.74, 6) is 0.575. The number of para-hydroxylation sites is 1. The molecule has 2 rings (SSSR count). The third-order valence-corrected chi connectivity index (χ3v) is 2.59. The molecule has 112 valence electrons. The van der Waals surface area contributed by atoms with Crippen molar-refractivity contribution >= 4 is 11.6 Å². The molecular formula is C14H14F3N3O. The maximum atomic E-state index is 12.6. The van der Waals surface area contributed by atoms with Gasteiger partial charge in [-0.05, 0) is 24.3 Å². The lowest BCUT2D eigenvalue weighted by Gasteiger charge is -2.11. The second-order valence-corrected chi connectivity index (χ2v) is 4.25. The molecule has 1 aromatic carbocycles. The summed E-state index contributed by atoms with van der Waals surface area (Å²) >= 11 is 0. The van der Waals surface area contributed by atoms with Crippen LogP contribution in [0.1, 0.15) is 5.56 Å². The van der Waals surface area contributed by atoms with Crippen LogP contribution in [0.4, 0.5) is 24.8 Å². The normalized spacial score (nSPS) is 11.2. The van der Waals surface area contributed by atoms with Crippen LogP contribution in [0, 0.1) is 0 Å². The second kappa shape index (κ2) is 6.34. The predicted molar refractivity (Wildman–Crippen MR) is 74.1 cm³/mol. The summed E-state index contributed by atoms with van der Waals surface area (Å²) in [6.45, 7) is 0.602. The Bertz CT molecular complexity index is 588. The molecule has 0 unspecified atom stereocenters. The molecule has 7 heteroatoms. The van der Waals surface area contributed by atoms with Crippen LogP contribution >= 0.6 is 0 Å². The van der Waals surface area contributed by atoms with Gasteiger partial charge in [-0.2, -0.15) is 13.2 Å². The van der Waals surface area contributed by atoms with Crippen LogP contribution in [0.3, 0.4) is 0 Å². The molecule has 2 aromatic rings. The summed E-state index contributed by atoms with van der Waals surface area (Å²) in [5, 5.41) is 2.75. The number of nitrogen functional groups attached to an aromatic ring is 1. The predicted octanol–water partition coefficient (Wildman–Crippen LogP) is 3.17. The minimum atomic E-state index is -4.45. The smallest absolute Gasteiger partial charge is 0.416 e. The minimum absolute atomic E-state index is 0.0685. The van der Waals surface area contributed by atoms with E-state index in [2.05, 4.69) is 10.3 Å². The highest BCUT2D eigenvalue weighted by Gasteiger charge is 2.31. The van der Waals surface area contributed by atoms with Crippen LogP contribution in [-0.4, -0.2) is 18.1 Å². The number of benzene rings is 1. The molecule has 1 aromatic heterocycles. The van der Waals surface area contributed by atoms with Crippen LogP contribution in [0.25, 0.3) is 0 Å². The van der Waals surface area contributed by atoms with Crippen molar-refractivity contribution in [2.24, 2.45) is 0 Å². The number of ether oxygens (including phenoxy) is 1. The number of hydrogen-bond acceptors (Lipinski definition) is 4. The zero-order valence-corrected chi connectivity index (χ0v) is 11.0. The van der Waals surface area contributed by atoms with Crippen molar-refractivity contribution in [2.75, 3.05) is 24.2 Å². The molecular weight excluding hydrogens is 283 g/mol. The Labute approximate surface area is 119 Å². The number of rotatable bonds is 5. The van der Waals surface area contributed by atoms with Gasteiger partial charge in [0.15, 0.2) is 0 Å². The quantitative estimate of drug-likeness (QED) is 0.832. The van der Waals surface area contributed by atoms with Crippen molar-refractivity contribution < 1.29 is 17.9 Å². The number of aromatic nitrogens is 1. The van der Waals surface area contributed by atoms with Crippen LogP contribution in [0.5, 0.6) is 5.75 Å². The Morgan fingerprint density at radius 1 is 1.14 bits per heavy atom. The average molecular weight is 297 g/mol. The minimum Gasteiger partial charge on any atom is -0.492 e. The van der Waals surface area contributed by atoms with Gasteiger partial charge in [-0.25, -0.2) is 4.98 Å². The van der Waals surface area contributed by atoms with E-state index in [4.69, 9.17) is 10.5 Å². The number of alkyl halides is 3. The summed E-state index contributed by atoms with van der Waals surface area (Å²) in [6.07, 6.45) is -4.45. The summed E-state index contributed by atoms with van der Waals surface area (Å²) in [7, 11) is 0. The number of anilines is 2. The first-order valence-electron chi connectivity index (χ1n) is 6.21. The maximum Gasteiger partial charge on any atom is 0.416 e. The molecule has 21 heavy (non-hydrogen) atoms. The third-order valence-electron chi connectivity index (χ3n) is 2.59. The largest absolute Gasteiger partial charge is 0.492 e. The van der Waals surface area contributed by atoms with E-state index in [1.807, 2.05) is 18.2 Å². The Balaban J connectivity index is 1.90. The van der Waals surface area contributed by atoms with Gasteiger partial charge in [-0.3, -0.25) is 0 Å². The molecule has 0 bridgehead atoms.